The first-order valence-corrected chi connectivity index (χ1v) is 7.31. The lowest BCUT2D eigenvalue weighted by Crippen LogP contribution is -2.29. The summed E-state index contributed by atoms with van der Waals surface area (Å²) in [5.74, 6) is 7.64. The Labute approximate surface area is 120 Å². The van der Waals surface area contributed by atoms with E-state index in [0.717, 1.165) is 23.5 Å². The van der Waals surface area contributed by atoms with Crippen LogP contribution in [-0.4, -0.2) is 0 Å². The van der Waals surface area contributed by atoms with Crippen molar-refractivity contribution in [3.8, 4) is 0 Å². The van der Waals surface area contributed by atoms with Gasteiger partial charge in [0.1, 0.15) is 11.5 Å². The van der Waals surface area contributed by atoms with Gasteiger partial charge in [-0.25, -0.2) is 0 Å². The average molecular weight is 270 g/mol. The van der Waals surface area contributed by atoms with Crippen LogP contribution < -0.4 is 11.3 Å². The van der Waals surface area contributed by atoms with Crippen LogP contribution in [-0.2, 0) is 19.3 Å². The number of benzene rings is 1. The molecule has 1 atom stereocenters. The summed E-state index contributed by atoms with van der Waals surface area (Å²) in [6, 6.07) is 9.03. The van der Waals surface area contributed by atoms with Crippen LogP contribution in [0.4, 0.5) is 0 Å². The fraction of sp³-hybridized carbons (Fsp3) is 0.412. The maximum absolute atomic E-state index is 5.75. The molecule has 1 aromatic heterocycles. The van der Waals surface area contributed by atoms with E-state index < -0.39 is 0 Å². The molecule has 3 rings (SSSR count). The van der Waals surface area contributed by atoms with Gasteiger partial charge in [0.2, 0.25) is 0 Å². The highest BCUT2D eigenvalue weighted by Gasteiger charge is 2.18. The van der Waals surface area contributed by atoms with Crippen LogP contribution in [0.1, 0.15) is 46.2 Å². The second-order valence-corrected chi connectivity index (χ2v) is 5.75. The van der Waals surface area contributed by atoms with Crippen LogP contribution in [0.15, 0.2) is 28.7 Å². The Hall–Kier alpha value is -1.58. The second-order valence-electron chi connectivity index (χ2n) is 5.75. The van der Waals surface area contributed by atoms with Gasteiger partial charge >= 0.3 is 0 Å². The van der Waals surface area contributed by atoms with E-state index in [0.29, 0.717) is 0 Å². The molecule has 1 unspecified atom stereocenters. The van der Waals surface area contributed by atoms with Crippen molar-refractivity contribution in [1.82, 2.24) is 5.43 Å². The van der Waals surface area contributed by atoms with E-state index in [4.69, 9.17) is 10.3 Å². The summed E-state index contributed by atoms with van der Waals surface area (Å²) in [5.41, 5.74) is 8.45. The lowest BCUT2D eigenvalue weighted by molar-refractivity contribution is 0.484. The zero-order valence-electron chi connectivity index (χ0n) is 12.2. The monoisotopic (exact) mass is 270 g/mol. The normalized spacial score (nSPS) is 15.3. The topological polar surface area (TPSA) is 51.2 Å². The third-order valence-electron chi connectivity index (χ3n) is 4.26. The van der Waals surface area contributed by atoms with Crippen LogP contribution in [0.25, 0.3) is 0 Å². The quantitative estimate of drug-likeness (QED) is 0.663. The summed E-state index contributed by atoms with van der Waals surface area (Å²) in [6.45, 7) is 3.97. The summed E-state index contributed by atoms with van der Waals surface area (Å²) in [4.78, 5) is 0. The molecule has 3 nitrogen and oxygen atoms in total. The fourth-order valence-corrected chi connectivity index (χ4v) is 3.24. The summed E-state index contributed by atoms with van der Waals surface area (Å²) < 4.78 is 5.61. The van der Waals surface area contributed by atoms with Gasteiger partial charge in [-0.2, -0.15) is 0 Å². The highest BCUT2D eigenvalue weighted by atomic mass is 16.3. The van der Waals surface area contributed by atoms with Crippen molar-refractivity contribution >= 4 is 0 Å². The van der Waals surface area contributed by atoms with Crippen molar-refractivity contribution in [3.63, 3.8) is 0 Å². The van der Waals surface area contributed by atoms with Gasteiger partial charge in [0.05, 0.1) is 6.04 Å². The van der Waals surface area contributed by atoms with Crippen molar-refractivity contribution in [2.45, 2.75) is 45.6 Å². The SMILES string of the molecule is Cc1cc(C(Cc2ccc3c(c2)CCC3)NN)c(C)o1. The van der Waals surface area contributed by atoms with Crippen molar-refractivity contribution in [2.75, 3.05) is 0 Å². The predicted octanol–water partition coefficient (Wildman–Crippen LogP) is 3.13. The van der Waals surface area contributed by atoms with Crippen LogP contribution in [0.2, 0.25) is 0 Å². The molecule has 1 heterocycles. The van der Waals surface area contributed by atoms with Gasteiger partial charge in [-0.3, -0.25) is 11.3 Å². The summed E-state index contributed by atoms with van der Waals surface area (Å²) in [5, 5.41) is 0. The van der Waals surface area contributed by atoms with E-state index in [1.165, 1.54) is 36.0 Å². The molecular formula is C17H22N2O. The van der Waals surface area contributed by atoms with Crippen molar-refractivity contribution in [1.29, 1.82) is 0 Å². The number of aryl methyl sites for hydroxylation is 4. The standard InChI is InChI=1S/C17H22N2O/c1-11-8-16(12(2)20-11)17(19-18)10-13-6-7-14-4-3-5-15(14)9-13/h6-9,17,19H,3-5,10,18H2,1-2H3. The lowest BCUT2D eigenvalue weighted by Gasteiger charge is -2.16. The molecule has 1 aliphatic rings. The van der Waals surface area contributed by atoms with Crippen molar-refractivity contribution < 1.29 is 4.42 Å². The molecule has 0 aliphatic heterocycles. The smallest absolute Gasteiger partial charge is 0.105 e. The molecule has 3 N–H and O–H groups in total. The van der Waals surface area contributed by atoms with Crippen molar-refractivity contribution in [3.05, 3.63) is 58.0 Å². The molecule has 0 spiro atoms. The van der Waals surface area contributed by atoms with Crippen LogP contribution in [0.3, 0.4) is 0 Å². The number of hydrogen-bond acceptors (Lipinski definition) is 3. The molecule has 2 aromatic rings. The third-order valence-corrected chi connectivity index (χ3v) is 4.26. The summed E-state index contributed by atoms with van der Waals surface area (Å²) in [6.07, 6.45) is 4.63. The minimum atomic E-state index is 0.104. The summed E-state index contributed by atoms with van der Waals surface area (Å²) in [7, 11) is 0. The predicted molar refractivity (Wildman–Crippen MR) is 80.4 cm³/mol. The minimum Gasteiger partial charge on any atom is -0.466 e. The molecule has 1 aliphatic carbocycles. The highest BCUT2D eigenvalue weighted by molar-refractivity contribution is 5.36. The molecular weight excluding hydrogens is 248 g/mol. The van der Waals surface area contributed by atoms with E-state index in [1.807, 2.05) is 13.8 Å². The van der Waals surface area contributed by atoms with Gasteiger partial charge < -0.3 is 4.42 Å². The zero-order valence-corrected chi connectivity index (χ0v) is 12.2. The van der Waals surface area contributed by atoms with Crippen molar-refractivity contribution in [2.24, 2.45) is 5.84 Å². The van der Waals surface area contributed by atoms with Gasteiger partial charge in [0.15, 0.2) is 0 Å². The molecule has 106 valence electrons. The Kier molecular flexibility index (Phi) is 3.64. The Morgan fingerprint density at radius 1 is 1.20 bits per heavy atom. The van der Waals surface area contributed by atoms with Gasteiger partial charge in [-0.1, -0.05) is 18.2 Å². The Bertz CT molecular complexity index is 615. The summed E-state index contributed by atoms with van der Waals surface area (Å²) >= 11 is 0. The Morgan fingerprint density at radius 3 is 2.70 bits per heavy atom. The van der Waals surface area contributed by atoms with Gasteiger partial charge in [0.25, 0.3) is 0 Å². The number of nitrogens with one attached hydrogen (secondary N) is 1. The second kappa shape index (κ2) is 5.43. The number of hydrazine groups is 1. The molecule has 0 bridgehead atoms. The maximum atomic E-state index is 5.75. The van der Waals surface area contributed by atoms with Crippen LogP contribution in [0, 0.1) is 13.8 Å². The number of rotatable bonds is 4. The fourth-order valence-electron chi connectivity index (χ4n) is 3.24. The molecule has 0 amide bonds. The van der Waals surface area contributed by atoms with E-state index in [1.54, 1.807) is 0 Å². The number of fused-ring (bicyclic) bond motifs is 1. The Morgan fingerprint density at radius 2 is 2.00 bits per heavy atom. The first kappa shape index (κ1) is 13.4. The van der Waals surface area contributed by atoms with Gasteiger partial charge in [-0.05, 0) is 62.3 Å². The van der Waals surface area contributed by atoms with Gasteiger partial charge in [0, 0.05) is 5.56 Å². The van der Waals surface area contributed by atoms with E-state index >= 15 is 0 Å². The highest BCUT2D eigenvalue weighted by Crippen LogP contribution is 2.27. The third kappa shape index (κ3) is 2.51. The molecule has 0 saturated heterocycles. The first-order chi connectivity index (χ1) is 9.67. The minimum absolute atomic E-state index is 0.104. The average Bonchev–Trinajstić information content (AvgIpc) is 3.01. The number of nitrogens with two attached hydrogens (primary N) is 1. The van der Waals surface area contributed by atoms with E-state index in [9.17, 15) is 0 Å². The zero-order chi connectivity index (χ0) is 14.1. The largest absolute Gasteiger partial charge is 0.466 e. The molecule has 0 radical (unpaired) electrons. The van der Waals surface area contributed by atoms with Gasteiger partial charge in [-0.15, -0.1) is 0 Å². The molecule has 0 saturated carbocycles. The van der Waals surface area contributed by atoms with Crippen LogP contribution >= 0.6 is 0 Å². The maximum Gasteiger partial charge on any atom is 0.105 e. The molecule has 20 heavy (non-hydrogen) atoms. The molecule has 0 fully saturated rings. The number of hydrogen-bond donors (Lipinski definition) is 2. The van der Waals surface area contributed by atoms with E-state index in [2.05, 4.69) is 29.7 Å². The lowest BCUT2D eigenvalue weighted by atomic mass is 9.97. The first-order valence-electron chi connectivity index (χ1n) is 7.31. The molecule has 1 aromatic carbocycles. The molecule has 3 heteroatoms. The van der Waals surface area contributed by atoms with E-state index in [-0.39, 0.29) is 6.04 Å². The Balaban J connectivity index is 1.83. The number of furan rings is 1. The van der Waals surface area contributed by atoms with Crippen LogP contribution in [0.5, 0.6) is 0 Å².